The van der Waals surface area contributed by atoms with E-state index in [1.54, 1.807) is 18.2 Å². The number of aliphatic hydroxyl groups is 1. The van der Waals surface area contributed by atoms with Crippen LogP contribution in [0.1, 0.15) is 11.6 Å². The molecule has 0 bridgehead atoms. The average molecular weight is 361 g/mol. The Morgan fingerprint density at radius 1 is 1.11 bits per heavy atom. The van der Waals surface area contributed by atoms with Gasteiger partial charge < -0.3 is 10.4 Å². The number of hydrogen-bond acceptors (Lipinski definition) is 2. The molecule has 2 aromatic rings. The van der Waals surface area contributed by atoms with E-state index in [4.69, 9.17) is 23.2 Å². The van der Waals surface area contributed by atoms with Crippen LogP contribution in [-0.4, -0.2) is 11.7 Å². The molecular weight excluding hydrogens is 349 g/mol. The first-order chi connectivity index (χ1) is 9.10. The van der Waals surface area contributed by atoms with Gasteiger partial charge in [-0.3, -0.25) is 0 Å². The van der Waals surface area contributed by atoms with Crippen LogP contribution in [0.5, 0.6) is 0 Å². The zero-order chi connectivity index (χ0) is 13.8. The van der Waals surface area contributed by atoms with Gasteiger partial charge in [-0.2, -0.15) is 0 Å². The van der Waals surface area contributed by atoms with Crippen molar-refractivity contribution in [3.8, 4) is 0 Å². The Morgan fingerprint density at radius 3 is 2.42 bits per heavy atom. The topological polar surface area (TPSA) is 32.3 Å². The summed E-state index contributed by atoms with van der Waals surface area (Å²) in [6, 6.07) is 12.6. The van der Waals surface area contributed by atoms with Gasteiger partial charge in [-0.25, -0.2) is 0 Å². The molecule has 5 heteroatoms. The molecule has 0 amide bonds. The van der Waals surface area contributed by atoms with Crippen LogP contribution in [0, 0.1) is 0 Å². The van der Waals surface area contributed by atoms with Gasteiger partial charge in [0.15, 0.2) is 0 Å². The van der Waals surface area contributed by atoms with Crippen LogP contribution >= 0.6 is 39.1 Å². The molecule has 0 radical (unpaired) electrons. The number of nitrogens with one attached hydrogen (secondary N) is 1. The molecule has 2 N–H and O–H groups in total. The third-order valence-electron chi connectivity index (χ3n) is 2.70. The fourth-order valence-corrected chi connectivity index (χ4v) is 2.44. The summed E-state index contributed by atoms with van der Waals surface area (Å²) in [5, 5.41) is 13.9. The van der Waals surface area contributed by atoms with Crippen molar-refractivity contribution in [2.24, 2.45) is 0 Å². The van der Waals surface area contributed by atoms with Crippen molar-refractivity contribution in [2.75, 3.05) is 11.9 Å². The summed E-state index contributed by atoms with van der Waals surface area (Å²) in [5.74, 6) is 0. The molecule has 100 valence electrons. The standard InChI is InChI=1S/C14H12BrCl2NO/c15-9-1-4-11(5-2-9)18-14(8-19)12-7-10(16)3-6-13(12)17/h1-7,14,18-19H,8H2. The van der Waals surface area contributed by atoms with Gasteiger partial charge in [0.1, 0.15) is 0 Å². The van der Waals surface area contributed by atoms with Crippen molar-refractivity contribution >= 4 is 44.8 Å². The lowest BCUT2D eigenvalue weighted by atomic mass is 10.1. The molecule has 0 spiro atoms. The highest BCUT2D eigenvalue weighted by molar-refractivity contribution is 9.10. The number of aliphatic hydroxyl groups excluding tert-OH is 1. The third kappa shape index (κ3) is 3.86. The van der Waals surface area contributed by atoms with E-state index in [2.05, 4.69) is 21.2 Å². The first kappa shape index (κ1) is 14.7. The maximum atomic E-state index is 9.54. The zero-order valence-corrected chi connectivity index (χ0v) is 13.0. The maximum Gasteiger partial charge on any atom is 0.0759 e. The average Bonchev–Trinajstić information content (AvgIpc) is 2.41. The highest BCUT2D eigenvalue weighted by Crippen LogP contribution is 2.29. The third-order valence-corrected chi connectivity index (χ3v) is 3.81. The van der Waals surface area contributed by atoms with Crippen LogP contribution in [0.4, 0.5) is 5.69 Å². The normalized spacial score (nSPS) is 12.2. The van der Waals surface area contributed by atoms with E-state index in [1.807, 2.05) is 24.3 Å². The first-order valence-corrected chi connectivity index (χ1v) is 7.23. The summed E-state index contributed by atoms with van der Waals surface area (Å²) in [6.07, 6.45) is 0. The van der Waals surface area contributed by atoms with E-state index in [1.165, 1.54) is 0 Å². The minimum atomic E-state index is -0.299. The summed E-state index contributed by atoms with van der Waals surface area (Å²) in [7, 11) is 0. The minimum Gasteiger partial charge on any atom is -0.394 e. The molecule has 0 aliphatic carbocycles. The Hall–Kier alpha value is -0.740. The zero-order valence-electron chi connectivity index (χ0n) is 9.91. The van der Waals surface area contributed by atoms with Crippen LogP contribution in [0.3, 0.4) is 0 Å². The van der Waals surface area contributed by atoms with E-state index in [0.717, 1.165) is 15.7 Å². The van der Waals surface area contributed by atoms with Crippen molar-refractivity contribution in [1.29, 1.82) is 0 Å². The summed E-state index contributed by atoms with van der Waals surface area (Å²) >= 11 is 15.5. The molecule has 0 fully saturated rings. The molecule has 19 heavy (non-hydrogen) atoms. The summed E-state index contributed by atoms with van der Waals surface area (Å²) in [4.78, 5) is 0. The lowest BCUT2D eigenvalue weighted by Crippen LogP contribution is -2.15. The second-order valence-corrected chi connectivity index (χ2v) is 5.81. The lowest BCUT2D eigenvalue weighted by Gasteiger charge is -2.19. The van der Waals surface area contributed by atoms with E-state index in [0.29, 0.717) is 10.0 Å². The van der Waals surface area contributed by atoms with Crippen molar-refractivity contribution in [3.05, 3.63) is 62.5 Å². The lowest BCUT2D eigenvalue weighted by molar-refractivity contribution is 0.276. The summed E-state index contributed by atoms with van der Waals surface area (Å²) in [6.45, 7) is -0.0733. The number of rotatable bonds is 4. The van der Waals surface area contributed by atoms with Gasteiger partial charge in [-0.1, -0.05) is 39.1 Å². The minimum absolute atomic E-state index is 0.0733. The second kappa shape index (κ2) is 6.62. The molecule has 0 aromatic heterocycles. The van der Waals surface area contributed by atoms with Crippen LogP contribution in [-0.2, 0) is 0 Å². The number of anilines is 1. The van der Waals surface area contributed by atoms with Crippen molar-refractivity contribution in [1.82, 2.24) is 0 Å². The second-order valence-electron chi connectivity index (χ2n) is 4.05. The Labute approximate surface area is 130 Å². The smallest absolute Gasteiger partial charge is 0.0759 e. The Morgan fingerprint density at radius 2 is 1.79 bits per heavy atom. The molecule has 2 rings (SSSR count). The summed E-state index contributed by atoms with van der Waals surface area (Å²) in [5.41, 5.74) is 1.68. The SMILES string of the molecule is OCC(Nc1ccc(Br)cc1)c1cc(Cl)ccc1Cl. The predicted octanol–water partition coefficient (Wildman–Crippen LogP) is 4.90. The van der Waals surface area contributed by atoms with E-state index >= 15 is 0 Å². The molecule has 0 aliphatic heterocycles. The van der Waals surface area contributed by atoms with E-state index < -0.39 is 0 Å². The summed E-state index contributed by atoms with van der Waals surface area (Å²) < 4.78 is 0.999. The molecule has 2 aromatic carbocycles. The van der Waals surface area contributed by atoms with Crippen LogP contribution < -0.4 is 5.32 Å². The van der Waals surface area contributed by atoms with Crippen LogP contribution in [0.25, 0.3) is 0 Å². The molecule has 0 saturated heterocycles. The van der Waals surface area contributed by atoms with Gasteiger partial charge in [0.25, 0.3) is 0 Å². The number of hydrogen-bond donors (Lipinski definition) is 2. The fourth-order valence-electron chi connectivity index (χ4n) is 1.75. The first-order valence-electron chi connectivity index (χ1n) is 5.68. The van der Waals surface area contributed by atoms with Gasteiger partial charge in [-0.05, 0) is 48.0 Å². The largest absolute Gasteiger partial charge is 0.394 e. The monoisotopic (exact) mass is 359 g/mol. The van der Waals surface area contributed by atoms with Gasteiger partial charge in [0.2, 0.25) is 0 Å². The maximum absolute atomic E-state index is 9.54. The van der Waals surface area contributed by atoms with Crippen LogP contribution in [0.2, 0.25) is 10.0 Å². The van der Waals surface area contributed by atoms with Crippen LogP contribution in [0.15, 0.2) is 46.9 Å². The highest BCUT2D eigenvalue weighted by Gasteiger charge is 2.14. The van der Waals surface area contributed by atoms with Crippen molar-refractivity contribution in [3.63, 3.8) is 0 Å². The van der Waals surface area contributed by atoms with Gasteiger partial charge in [0.05, 0.1) is 12.6 Å². The van der Waals surface area contributed by atoms with E-state index in [9.17, 15) is 5.11 Å². The quantitative estimate of drug-likeness (QED) is 0.812. The number of benzene rings is 2. The van der Waals surface area contributed by atoms with E-state index in [-0.39, 0.29) is 12.6 Å². The number of halogens is 3. The molecule has 0 saturated carbocycles. The molecule has 1 atom stereocenters. The van der Waals surface area contributed by atoms with Gasteiger partial charge in [-0.15, -0.1) is 0 Å². The Bertz CT molecular complexity index is 560. The Kier molecular flexibility index (Phi) is 5.11. The van der Waals surface area contributed by atoms with Gasteiger partial charge >= 0.3 is 0 Å². The van der Waals surface area contributed by atoms with Crippen molar-refractivity contribution < 1.29 is 5.11 Å². The molecule has 1 unspecified atom stereocenters. The molecule has 0 heterocycles. The van der Waals surface area contributed by atoms with Crippen molar-refractivity contribution in [2.45, 2.75) is 6.04 Å². The Balaban J connectivity index is 2.24. The molecular formula is C14H12BrCl2NO. The molecule has 0 aliphatic rings. The molecule has 2 nitrogen and oxygen atoms in total. The highest BCUT2D eigenvalue weighted by atomic mass is 79.9. The van der Waals surface area contributed by atoms with Gasteiger partial charge in [0, 0.05) is 20.2 Å². The fraction of sp³-hybridized carbons (Fsp3) is 0.143. The predicted molar refractivity (Wildman–Crippen MR) is 84.1 cm³/mol.